The van der Waals surface area contributed by atoms with Gasteiger partial charge >= 0.3 is 0 Å². The molecule has 0 saturated carbocycles. The van der Waals surface area contributed by atoms with Crippen molar-refractivity contribution in [3.63, 3.8) is 0 Å². The number of hydrogen-bond acceptors (Lipinski definition) is 3. The minimum absolute atomic E-state index is 0.0202. The number of aryl methyl sites for hydroxylation is 1. The number of halogens is 1. The molecule has 1 unspecified atom stereocenters. The number of likely N-dealkylation sites (tertiary alicyclic amines) is 1. The zero-order chi connectivity index (χ0) is 18.5. The van der Waals surface area contributed by atoms with Gasteiger partial charge in [0, 0.05) is 31.4 Å². The Hall–Kier alpha value is -2.30. The Balaban J connectivity index is 1.57. The van der Waals surface area contributed by atoms with Crippen LogP contribution in [0.3, 0.4) is 0 Å². The van der Waals surface area contributed by atoms with E-state index < -0.39 is 0 Å². The first-order valence-corrected chi connectivity index (χ1v) is 9.38. The first-order valence-electron chi connectivity index (χ1n) is 9.38. The second-order valence-electron chi connectivity index (χ2n) is 7.41. The second-order valence-corrected chi connectivity index (χ2v) is 7.41. The van der Waals surface area contributed by atoms with E-state index in [0.29, 0.717) is 11.5 Å². The molecule has 1 aromatic carbocycles. The van der Waals surface area contributed by atoms with Crippen molar-refractivity contribution in [3.8, 4) is 0 Å². The van der Waals surface area contributed by atoms with Crippen LogP contribution in [0.4, 0.5) is 4.39 Å². The molecule has 2 heterocycles. The monoisotopic (exact) mass is 355 g/mol. The highest BCUT2D eigenvalue weighted by atomic mass is 19.1. The van der Waals surface area contributed by atoms with Crippen LogP contribution >= 0.6 is 0 Å². The third-order valence-electron chi connectivity index (χ3n) is 5.00. The van der Waals surface area contributed by atoms with Gasteiger partial charge in [-0.2, -0.15) is 0 Å². The number of aromatic nitrogens is 2. The molecular formula is C21H26FN3O. The van der Waals surface area contributed by atoms with Crippen molar-refractivity contribution in [2.24, 2.45) is 5.92 Å². The molecule has 3 rings (SSSR count). The standard InChI is InChI=1S/C21H26FN3O/c1-15(2)20-23-12-18(13-24-20)21(26)25-11-3-4-17(14-25)6-5-16-7-9-19(22)10-8-16/h7-10,12-13,15,17H,3-6,11,14H2,1-2H3. The summed E-state index contributed by atoms with van der Waals surface area (Å²) in [7, 11) is 0. The summed E-state index contributed by atoms with van der Waals surface area (Å²) < 4.78 is 13.0. The highest BCUT2D eigenvalue weighted by Gasteiger charge is 2.24. The van der Waals surface area contributed by atoms with Crippen LogP contribution in [0.5, 0.6) is 0 Å². The maximum absolute atomic E-state index is 13.0. The topological polar surface area (TPSA) is 46.1 Å². The lowest BCUT2D eigenvalue weighted by Gasteiger charge is -2.33. The van der Waals surface area contributed by atoms with Crippen LogP contribution in [0.25, 0.3) is 0 Å². The number of carbonyl (C=O) groups is 1. The minimum Gasteiger partial charge on any atom is -0.338 e. The van der Waals surface area contributed by atoms with Gasteiger partial charge in [-0.05, 0) is 49.3 Å². The van der Waals surface area contributed by atoms with Gasteiger partial charge in [0.1, 0.15) is 11.6 Å². The Bertz CT molecular complexity index is 728. The largest absolute Gasteiger partial charge is 0.338 e. The fourth-order valence-corrected chi connectivity index (χ4v) is 3.44. The lowest BCUT2D eigenvalue weighted by Crippen LogP contribution is -2.40. The second kappa shape index (κ2) is 8.39. The van der Waals surface area contributed by atoms with Gasteiger partial charge in [-0.1, -0.05) is 26.0 Å². The normalized spacial score (nSPS) is 17.5. The number of hydrogen-bond donors (Lipinski definition) is 0. The van der Waals surface area contributed by atoms with Gasteiger partial charge < -0.3 is 4.90 Å². The third kappa shape index (κ3) is 4.65. The highest BCUT2D eigenvalue weighted by Crippen LogP contribution is 2.23. The molecule has 4 nitrogen and oxygen atoms in total. The third-order valence-corrected chi connectivity index (χ3v) is 5.00. The van der Waals surface area contributed by atoms with Crippen LogP contribution in [-0.4, -0.2) is 33.9 Å². The van der Waals surface area contributed by atoms with Gasteiger partial charge in [-0.25, -0.2) is 14.4 Å². The number of benzene rings is 1. The Morgan fingerprint density at radius 3 is 2.58 bits per heavy atom. The van der Waals surface area contributed by atoms with Crippen LogP contribution < -0.4 is 0 Å². The molecule has 1 saturated heterocycles. The molecule has 26 heavy (non-hydrogen) atoms. The molecule has 0 N–H and O–H groups in total. The predicted octanol–water partition coefficient (Wildman–Crippen LogP) is 4.22. The predicted molar refractivity (Wildman–Crippen MR) is 99.5 cm³/mol. The molecule has 1 aliphatic heterocycles. The van der Waals surface area contributed by atoms with E-state index in [0.717, 1.165) is 50.2 Å². The first-order chi connectivity index (χ1) is 12.5. The molecule has 1 fully saturated rings. The van der Waals surface area contributed by atoms with Crippen molar-refractivity contribution in [1.82, 2.24) is 14.9 Å². The fourth-order valence-electron chi connectivity index (χ4n) is 3.44. The number of nitrogens with zero attached hydrogens (tertiary/aromatic N) is 3. The van der Waals surface area contributed by atoms with Crippen LogP contribution in [0.1, 0.15) is 60.8 Å². The Labute approximate surface area is 154 Å². The van der Waals surface area contributed by atoms with E-state index in [1.165, 1.54) is 12.1 Å². The molecule has 0 bridgehead atoms. The lowest BCUT2D eigenvalue weighted by molar-refractivity contribution is 0.0667. The molecule has 1 amide bonds. The average Bonchev–Trinajstić information content (AvgIpc) is 2.67. The number of carbonyl (C=O) groups excluding carboxylic acids is 1. The summed E-state index contributed by atoms with van der Waals surface area (Å²) in [6.45, 7) is 5.63. The molecule has 5 heteroatoms. The van der Waals surface area contributed by atoms with Crippen molar-refractivity contribution in [3.05, 3.63) is 59.4 Å². The smallest absolute Gasteiger partial charge is 0.256 e. The Kier molecular flexibility index (Phi) is 5.96. The minimum atomic E-state index is -0.200. The zero-order valence-corrected chi connectivity index (χ0v) is 15.5. The fraction of sp³-hybridized carbons (Fsp3) is 0.476. The van der Waals surface area contributed by atoms with Crippen molar-refractivity contribution < 1.29 is 9.18 Å². The van der Waals surface area contributed by atoms with Crippen molar-refractivity contribution in [1.29, 1.82) is 0 Å². The van der Waals surface area contributed by atoms with Crippen molar-refractivity contribution >= 4 is 5.91 Å². The van der Waals surface area contributed by atoms with E-state index in [2.05, 4.69) is 9.97 Å². The Morgan fingerprint density at radius 2 is 1.92 bits per heavy atom. The molecule has 1 aliphatic rings. The average molecular weight is 355 g/mol. The van der Waals surface area contributed by atoms with Gasteiger partial charge in [0.25, 0.3) is 5.91 Å². The summed E-state index contributed by atoms with van der Waals surface area (Å²) in [6.07, 6.45) is 7.37. The van der Waals surface area contributed by atoms with E-state index >= 15 is 0 Å². The summed E-state index contributed by atoms with van der Waals surface area (Å²) in [5.74, 6) is 1.32. The van der Waals surface area contributed by atoms with E-state index in [9.17, 15) is 9.18 Å². The number of piperidine rings is 1. The maximum atomic E-state index is 13.0. The van der Waals surface area contributed by atoms with E-state index in [-0.39, 0.29) is 17.6 Å². The van der Waals surface area contributed by atoms with Crippen LogP contribution in [0.15, 0.2) is 36.7 Å². The molecule has 1 aromatic heterocycles. The summed E-state index contributed by atoms with van der Waals surface area (Å²) >= 11 is 0. The summed E-state index contributed by atoms with van der Waals surface area (Å²) in [6, 6.07) is 6.70. The summed E-state index contributed by atoms with van der Waals surface area (Å²) in [5, 5.41) is 0. The lowest BCUT2D eigenvalue weighted by atomic mass is 9.91. The summed E-state index contributed by atoms with van der Waals surface area (Å²) in [5.41, 5.74) is 1.71. The molecule has 0 spiro atoms. The zero-order valence-electron chi connectivity index (χ0n) is 15.5. The number of amides is 1. The van der Waals surface area contributed by atoms with Gasteiger partial charge in [0.2, 0.25) is 0 Å². The SMILES string of the molecule is CC(C)c1ncc(C(=O)N2CCCC(CCc3ccc(F)cc3)C2)cn1. The van der Waals surface area contributed by atoms with Gasteiger partial charge in [-0.15, -0.1) is 0 Å². The molecule has 0 aliphatic carbocycles. The van der Waals surface area contributed by atoms with E-state index in [4.69, 9.17) is 0 Å². The van der Waals surface area contributed by atoms with Crippen LogP contribution in [0.2, 0.25) is 0 Å². The number of rotatable bonds is 5. The van der Waals surface area contributed by atoms with E-state index in [1.807, 2.05) is 30.9 Å². The van der Waals surface area contributed by atoms with Gasteiger partial charge in [-0.3, -0.25) is 4.79 Å². The Morgan fingerprint density at radius 1 is 1.23 bits per heavy atom. The molecular weight excluding hydrogens is 329 g/mol. The molecule has 0 radical (unpaired) electrons. The van der Waals surface area contributed by atoms with Crippen molar-refractivity contribution in [2.45, 2.75) is 45.4 Å². The maximum Gasteiger partial charge on any atom is 0.256 e. The van der Waals surface area contributed by atoms with Crippen molar-refractivity contribution in [2.75, 3.05) is 13.1 Å². The highest BCUT2D eigenvalue weighted by molar-refractivity contribution is 5.93. The quantitative estimate of drug-likeness (QED) is 0.806. The summed E-state index contributed by atoms with van der Waals surface area (Å²) in [4.78, 5) is 23.3. The first kappa shape index (κ1) is 18.5. The molecule has 2 aromatic rings. The van der Waals surface area contributed by atoms with Crippen LogP contribution in [-0.2, 0) is 6.42 Å². The van der Waals surface area contributed by atoms with Crippen LogP contribution in [0, 0.1) is 11.7 Å². The molecule has 138 valence electrons. The van der Waals surface area contributed by atoms with Gasteiger partial charge in [0.15, 0.2) is 0 Å². The van der Waals surface area contributed by atoms with E-state index in [1.54, 1.807) is 12.4 Å². The molecule has 1 atom stereocenters. The van der Waals surface area contributed by atoms with Gasteiger partial charge in [0.05, 0.1) is 5.56 Å².